The predicted molar refractivity (Wildman–Crippen MR) is 77.0 cm³/mol. The van der Waals surface area contributed by atoms with Gasteiger partial charge in [-0.05, 0) is 18.6 Å². The zero-order valence-corrected chi connectivity index (χ0v) is 12.4. The molecule has 0 saturated heterocycles. The van der Waals surface area contributed by atoms with Gasteiger partial charge in [-0.3, -0.25) is 4.79 Å². The minimum absolute atomic E-state index is 0.0799. The van der Waals surface area contributed by atoms with Crippen molar-refractivity contribution in [2.24, 2.45) is 0 Å². The second kappa shape index (κ2) is 10.2. The van der Waals surface area contributed by atoms with Crippen molar-refractivity contribution in [1.29, 1.82) is 0 Å². The van der Waals surface area contributed by atoms with Gasteiger partial charge in [0.25, 0.3) is 0 Å². The van der Waals surface area contributed by atoms with Gasteiger partial charge in [0.2, 0.25) is 0 Å². The van der Waals surface area contributed by atoms with E-state index in [0.717, 1.165) is 12.8 Å². The summed E-state index contributed by atoms with van der Waals surface area (Å²) in [7, 11) is 1.60. The second-order valence-electron chi connectivity index (χ2n) is 5.25. The molecule has 1 heterocycles. The van der Waals surface area contributed by atoms with Crippen molar-refractivity contribution >= 4 is 5.78 Å². The molecule has 0 N–H and O–H groups in total. The Balaban J connectivity index is 2.03. The molecule has 0 amide bonds. The van der Waals surface area contributed by atoms with Crippen LogP contribution in [0.3, 0.4) is 0 Å². The van der Waals surface area contributed by atoms with Crippen LogP contribution in [-0.4, -0.2) is 25.3 Å². The zero-order chi connectivity index (χ0) is 13.9. The Kier molecular flexibility index (Phi) is 8.76. The molecule has 1 aliphatic heterocycles. The number of methoxy groups -OCH3 is 1. The highest BCUT2D eigenvalue weighted by atomic mass is 16.7. The van der Waals surface area contributed by atoms with Crippen molar-refractivity contribution in [3.05, 3.63) is 12.2 Å². The number of ether oxygens (including phenoxy) is 2. The Morgan fingerprint density at radius 2 is 1.74 bits per heavy atom. The number of hydrogen-bond acceptors (Lipinski definition) is 3. The first kappa shape index (κ1) is 16.4. The molecule has 0 aliphatic carbocycles. The van der Waals surface area contributed by atoms with E-state index in [1.54, 1.807) is 19.3 Å². The van der Waals surface area contributed by atoms with Gasteiger partial charge in [0.1, 0.15) is 6.10 Å². The first-order valence-corrected chi connectivity index (χ1v) is 7.68. The topological polar surface area (TPSA) is 35.5 Å². The predicted octanol–water partition coefficient (Wildman–Crippen LogP) is 4.01. The molecule has 2 unspecified atom stereocenters. The van der Waals surface area contributed by atoms with Gasteiger partial charge in [-0.2, -0.15) is 0 Å². The van der Waals surface area contributed by atoms with E-state index in [1.807, 2.05) is 0 Å². The second-order valence-corrected chi connectivity index (χ2v) is 5.25. The van der Waals surface area contributed by atoms with E-state index in [1.165, 1.54) is 44.9 Å². The summed E-state index contributed by atoms with van der Waals surface area (Å²) in [5.74, 6) is 0.0799. The SMILES string of the molecule is CCCCCCCCCCC1OC(OC)C=CC1=O. The van der Waals surface area contributed by atoms with Crippen LogP contribution in [0.15, 0.2) is 12.2 Å². The third-order valence-corrected chi connectivity index (χ3v) is 3.59. The molecule has 0 fully saturated rings. The number of carbonyl (C=O) groups excluding carboxylic acids is 1. The third-order valence-electron chi connectivity index (χ3n) is 3.59. The van der Waals surface area contributed by atoms with E-state index < -0.39 is 0 Å². The molecule has 1 aliphatic rings. The summed E-state index contributed by atoms with van der Waals surface area (Å²) in [6.45, 7) is 2.24. The molecule has 0 spiro atoms. The highest BCUT2D eigenvalue weighted by molar-refractivity contribution is 5.94. The summed E-state index contributed by atoms with van der Waals surface area (Å²) < 4.78 is 10.6. The maximum absolute atomic E-state index is 11.6. The van der Waals surface area contributed by atoms with E-state index in [2.05, 4.69) is 6.92 Å². The molecular formula is C16H28O3. The third kappa shape index (κ3) is 6.88. The fraction of sp³-hybridized carbons (Fsp3) is 0.812. The number of hydrogen-bond donors (Lipinski definition) is 0. The van der Waals surface area contributed by atoms with Crippen LogP contribution in [0.25, 0.3) is 0 Å². The van der Waals surface area contributed by atoms with E-state index in [9.17, 15) is 4.79 Å². The number of rotatable bonds is 10. The van der Waals surface area contributed by atoms with Crippen LogP contribution in [0.1, 0.15) is 64.7 Å². The maximum atomic E-state index is 11.6. The van der Waals surface area contributed by atoms with E-state index in [4.69, 9.17) is 9.47 Å². The van der Waals surface area contributed by atoms with Crippen LogP contribution in [0, 0.1) is 0 Å². The van der Waals surface area contributed by atoms with Crippen molar-refractivity contribution in [3.8, 4) is 0 Å². The Morgan fingerprint density at radius 3 is 2.37 bits per heavy atom. The molecule has 19 heavy (non-hydrogen) atoms. The number of ketones is 1. The average Bonchev–Trinajstić information content (AvgIpc) is 2.43. The van der Waals surface area contributed by atoms with Crippen molar-refractivity contribution in [2.75, 3.05) is 7.11 Å². The van der Waals surface area contributed by atoms with Gasteiger partial charge in [0.05, 0.1) is 0 Å². The smallest absolute Gasteiger partial charge is 0.184 e. The van der Waals surface area contributed by atoms with Gasteiger partial charge in [-0.1, -0.05) is 58.3 Å². The van der Waals surface area contributed by atoms with Gasteiger partial charge in [0, 0.05) is 7.11 Å². The molecule has 1 rings (SSSR count). The van der Waals surface area contributed by atoms with Gasteiger partial charge in [0.15, 0.2) is 12.1 Å². The molecule has 2 atom stereocenters. The van der Waals surface area contributed by atoms with Crippen molar-refractivity contribution in [3.63, 3.8) is 0 Å². The first-order valence-electron chi connectivity index (χ1n) is 7.68. The van der Waals surface area contributed by atoms with Crippen LogP contribution in [0.5, 0.6) is 0 Å². The van der Waals surface area contributed by atoms with E-state index in [0.29, 0.717) is 0 Å². The Labute approximate surface area is 117 Å². The largest absolute Gasteiger partial charge is 0.352 e. The normalized spacial score (nSPS) is 22.9. The maximum Gasteiger partial charge on any atom is 0.184 e. The minimum Gasteiger partial charge on any atom is -0.352 e. The van der Waals surface area contributed by atoms with Crippen LogP contribution < -0.4 is 0 Å². The first-order chi connectivity index (χ1) is 9.27. The highest BCUT2D eigenvalue weighted by Gasteiger charge is 2.24. The quantitative estimate of drug-likeness (QED) is 0.561. The van der Waals surface area contributed by atoms with E-state index >= 15 is 0 Å². The molecule has 110 valence electrons. The van der Waals surface area contributed by atoms with Crippen LogP contribution in [-0.2, 0) is 14.3 Å². The number of unbranched alkanes of at least 4 members (excludes halogenated alkanes) is 7. The molecule has 0 radical (unpaired) electrons. The van der Waals surface area contributed by atoms with E-state index in [-0.39, 0.29) is 18.2 Å². The molecule has 0 bridgehead atoms. The lowest BCUT2D eigenvalue weighted by atomic mass is 10.0. The average molecular weight is 268 g/mol. The van der Waals surface area contributed by atoms with Crippen LogP contribution in [0.4, 0.5) is 0 Å². The summed E-state index contributed by atoms with van der Waals surface area (Å²) in [6.07, 6.45) is 13.7. The monoisotopic (exact) mass is 268 g/mol. The van der Waals surface area contributed by atoms with Crippen molar-refractivity contribution in [2.45, 2.75) is 77.1 Å². The fourth-order valence-corrected chi connectivity index (χ4v) is 2.36. The Morgan fingerprint density at radius 1 is 1.11 bits per heavy atom. The highest BCUT2D eigenvalue weighted by Crippen LogP contribution is 2.17. The van der Waals surface area contributed by atoms with Gasteiger partial charge >= 0.3 is 0 Å². The summed E-state index contributed by atoms with van der Waals surface area (Å²) in [6, 6.07) is 0. The van der Waals surface area contributed by atoms with Crippen LogP contribution >= 0.6 is 0 Å². The molecule has 0 aromatic rings. The summed E-state index contributed by atoms with van der Waals surface area (Å²) in [4.78, 5) is 11.6. The molecule has 0 aromatic carbocycles. The van der Waals surface area contributed by atoms with Gasteiger partial charge in [-0.25, -0.2) is 0 Å². The summed E-state index contributed by atoms with van der Waals surface area (Å²) in [5, 5.41) is 0. The molecule has 0 saturated carbocycles. The summed E-state index contributed by atoms with van der Waals surface area (Å²) in [5.41, 5.74) is 0. The van der Waals surface area contributed by atoms with Gasteiger partial charge < -0.3 is 9.47 Å². The van der Waals surface area contributed by atoms with Crippen molar-refractivity contribution < 1.29 is 14.3 Å². The zero-order valence-electron chi connectivity index (χ0n) is 12.4. The van der Waals surface area contributed by atoms with Crippen LogP contribution in [0.2, 0.25) is 0 Å². The fourth-order valence-electron chi connectivity index (χ4n) is 2.36. The molecule has 3 nitrogen and oxygen atoms in total. The lowest BCUT2D eigenvalue weighted by Gasteiger charge is -2.23. The number of carbonyl (C=O) groups is 1. The van der Waals surface area contributed by atoms with Gasteiger partial charge in [-0.15, -0.1) is 0 Å². The standard InChI is InChI=1S/C16H28O3/c1-3-4-5-6-7-8-9-10-11-15-14(17)12-13-16(18-2)19-15/h12-13,15-16H,3-11H2,1-2H3. The lowest BCUT2D eigenvalue weighted by Crippen LogP contribution is -2.32. The minimum atomic E-state index is -0.350. The summed E-state index contributed by atoms with van der Waals surface area (Å²) >= 11 is 0. The lowest BCUT2D eigenvalue weighted by molar-refractivity contribution is -0.156. The molecule has 3 heteroatoms. The van der Waals surface area contributed by atoms with Crippen molar-refractivity contribution in [1.82, 2.24) is 0 Å². The Bertz CT molecular complexity index is 273. The molecular weight excluding hydrogens is 240 g/mol. The Hall–Kier alpha value is -0.670. The molecule has 0 aromatic heterocycles.